The number of hydrazine groups is 1. The highest BCUT2D eigenvalue weighted by Gasteiger charge is 2.73. The minimum atomic E-state index is -1.03. The van der Waals surface area contributed by atoms with E-state index in [1.165, 1.54) is 48.5 Å². The second-order valence-corrected chi connectivity index (χ2v) is 12.4. The number of hydrogen-bond acceptors (Lipinski definition) is 6. The number of aryl methyl sites for hydroxylation is 2. The maximum Gasteiger partial charge on any atom is 0.253 e. The minimum Gasteiger partial charge on any atom is -0.274 e. The number of halogens is 2. The first-order valence-electron chi connectivity index (χ1n) is 15.1. The van der Waals surface area contributed by atoms with Gasteiger partial charge in [0.2, 0.25) is 11.8 Å². The summed E-state index contributed by atoms with van der Waals surface area (Å²) in [4.78, 5) is 59.8. The minimum absolute atomic E-state index is 0.251. The van der Waals surface area contributed by atoms with E-state index in [2.05, 4.69) is 0 Å². The third-order valence-electron chi connectivity index (χ3n) is 9.73. The van der Waals surface area contributed by atoms with Crippen LogP contribution >= 0.6 is 0 Å². The van der Waals surface area contributed by atoms with Crippen molar-refractivity contribution in [3.63, 3.8) is 0 Å². The molecule has 10 heteroatoms. The summed E-state index contributed by atoms with van der Waals surface area (Å²) in [5.74, 6) is -4.78. The quantitative estimate of drug-likeness (QED) is 0.299. The SMILES string of the molecule is Cc1ccc([C@@H]2[C@H]3C(=O)N(c4ccc(F)cc4)C(=O)[C@H]3N3[C@@H](c4ccc(C)cc4)[C@H]4C(=O)N(c5ccc(F)cc5)C(=O)[C@@H]4N23)cc1. The lowest BCUT2D eigenvalue weighted by atomic mass is 9.84. The van der Waals surface area contributed by atoms with Crippen LogP contribution in [0.15, 0.2) is 97.1 Å². The Kier molecular flexibility index (Phi) is 6.32. The highest BCUT2D eigenvalue weighted by atomic mass is 19.1. The van der Waals surface area contributed by atoms with E-state index in [9.17, 15) is 28.0 Å². The van der Waals surface area contributed by atoms with E-state index in [1.54, 1.807) is 10.0 Å². The van der Waals surface area contributed by atoms with Crippen LogP contribution in [0.1, 0.15) is 34.3 Å². The van der Waals surface area contributed by atoms with Gasteiger partial charge in [-0.25, -0.2) is 28.6 Å². The van der Waals surface area contributed by atoms with Gasteiger partial charge in [-0.05, 0) is 73.5 Å². The Morgan fingerprint density at radius 3 is 1.09 bits per heavy atom. The van der Waals surface area contributed by atoms with Crippen LogP contribution in [0.3, 0.4) is 0 Å². The van der Waals surface area contributed by atoms with Crippen LogP contribution in [-0.2, 0) is 19.2 Å². The normalized spacial score (nSPS) is 27.5. The molecule has 0 unspecified atom stereocenters. The fourth-order valence-corrected chi connectivity index (χ4v) is 7.71. The van der Waals surface area contributed by atoms with Crippen molar-refractivity contribution in [3.8, 4) is 0 Å². The number of anilines is 2. The molecule has 4 fully saturated rings. The van der Waals surface area contributed by atoms with Crippen LogP contribution in [-0.4, -0.2) is 45.7 Å². The lowest BCUT2D eigenvalue weighted by Crippen LogP contribution is -2.50. The summed E-state index contributed by atoms with van der Waals surface area (Å²) in [6, 6.07) is 22.0. The first kappa shape index (κ1) is 28.4. The Balaban J connectivity index is 1.32. The summed E-state index contributed by atoms with van der Waals surface area (Å²) in [6.45, 7) is 3.88. The molecule has 4 aromatic carbocycles. The average Bonchev–Trinajstić information content (AvgIpc) is 3.71. The van der Waals surface area contributed by atoms with E-state index in [1.807, 2.05) is 62.4 Å². The number of carbonyl (C=O) groups is 4. The van der Waals surface area contributed by atoms with E-state index in [0.29, 0.717) is 11.1 Å². The van der Waals surface area contributed by atoms with Crippen LogP contribution in [0.5, 0.6) is 0 Å². The molecule has 0 radical (unpaired) electrons. The first-order valence-corrected chi connectivity index (χ1v) is 15.1. The molecule has 4 amide bonds. The van der Waals surface area contributed by atoms with Crippen LogP contribution in [0.4, 0.5) is 20.2 Å². The monoisotopic (exact) mass is 618 g/mol. The van der Waals surface area contributed by atoms with Gasteiger partial charge in [0.05, 0.1) is 35.3 Å². The number of carbonyl (C=O) groups excluding carboxylic acids is 4. The largest absolute Gasteiger partial charge is 0.274 e. The number of fused-ring (bicyclic) bond motifs is 5. The maximum atomic E-state index is 14.4. The predicted octanol–water partition coefficient (Wildman–Crippen LogP) is 5.03. The summed E-state index contributed by atoms with van der Waals surface area (Å²) < 4.78 is 27.7. The van der Waals surface area contributed by atoms with Crippen molar-refractivity contribution >= 4 is 35.0 Å². The number of benzene rings is 4. The van der Waals surface area contributed by atoms with Gasteiger partial charge >= 0.3 is 0 Å². The highest BCUT2D eigenvalue weighted by molar-refractivity contribution is 6.26. The third kappa shape index (κ3) is 3.96. The van der Waals surface area contributed by atoms with Crippen LogP contribution in [0.25, 0.3) is 0 Å². The Morgan fingerprint density at radius 2 is 0.761 bits per heavy atom. The molecule has 4 heterocycles. The van der Waals surface area contributed by atoms with Crippen molar-refractivity contribution in [2.75, 3.05) is 9.80 Å². The van der Waals surface area contributed by atoms with Crippen molar-refractivity contribution in [2.45, 2.75) is 38.0 Å². The van der Waals surface area contributed by atoms with Gasteiger partial charge in [0, 0.05) is 0 Å². The summed E-state index contributed by atoms with van der Waals surface area (Å²) in [7, 11) is 0. The zero-order valence-corrected chi connectivity index (χ0v) is 24.9. The topological polar surface area (TPSA) is 81.2 Å². The van der Waals surface area contributed by atoms with Crippen molar-refractivity contribution < 1.29 is 28.0 Å². The molecule has 4 aromatic rings. The number of nitrogens with zero attached hydrogens (tertiary/aromatic N) is 4. The molecule has 0 saturated carbocycles. The van der Waals surface area contributed by atoms with Gasteiger partial charge in [0.25, 0.3) is 11.8 Å². The molecule has 0 spiro atoms. The average molecular weight is 619 g/mol. The second kappa shape index (κ2) is 10.2. The highest BCUT2D eigenvalue weighted by Crippen LogP contribution is 2.59. The summed E-state index contributed by atoms with van der Waals surface area (Å²) in [5, 5.41) is 3.58. The van der Waals surface area contributed by atoms with E-state index < -0.39 is 71.3 Å². The molecular formula is C36H28F2N4O4. The van der Waals surface area contributed by atoms with Gasteiger partial charge in [-0.2, -0.15) is 0 Å². The van der Waals surface area contributed by atoms with E-state index in [4.69, 9.17) is 0 Å². The molecule has 4 saturated heterocycles. The molecule has 4 aliphatic heterocycles. The summed E-state index contributed by atoms with van der Waals surface area (Å²) in [6.07, 6.45) is 0. The predicted molar refractivity (Wildman–Crippen MR) is 164 cm³/mol. The molecule has 0 aliphatic carbocycles. The van der Waals surface area contributed by atoms with Gasteiger partial charge in [-0.15, -0.1) is 0 Å². The number of rotatable bonds is 4. The van der Waals surface area contributed by atoms with E-state index in [0.717, 1.165) is 20.9 Å². The molecule has 4 aliphatic rings. The fourth-order valence-electron chi connectivity index (χ4n) is 7.71. The van der Waals surface area contributed by atoms with Gasteiger partial charge < -0.3 is 0 Å². The molecular weight excluding hydrogens is 590 g/mol. The summed E-state index contributed by atoms with van der Waals surface area (Å²) in [5.41, 5.74) is 3.91. The number of amides is 4. The molecule has 6 atom stereocenters. The number of imide groups is 2. The van der Waals surface area contributed by atoms with Crippen LogP contribution in [0, 0.1) is 37.3 Å². The molecule has 8 nitrogen and oxygen atoms in total. The Hall–Kier alpha value is -5.06. The standard InChI is InChI=1S/C36H28F2N4O4/c1-19-3-7-21(8-4-19)29-27-31(35(45)39(33(27)43)25-15-11-23(37)12-16-25)42-30(22-9-5-20(2)6-10-22)28-32(41(29)42)36(46)40(34(28)44)26-17-13-24(38)14-18-26/h3-18,27-32H,1-2H3/t27-,28-,29-,30+,31+,32-/m1/s1. The van der Waals surface area contributed by atoms with Gasteiger partial charge in [-0.1, -0.05) is 59.7 Å². The Bertz CT molecular complexity index is 1770. The van der Waals surface area contributed by atoms with Crippen LogP contribution in [0.2, 0.25) is 0 Å². The molecule has 0 N–H and O–H groups in total. The smallest absolute Gasteiger partial charge is 0.253 e. The third-order valence-corrected chi connectivity index (χ3v) is 9.73. The van der Waals surface area contributed by atoms with E-state index in [-0.39, 0.29) is 11.4 Å². The first-order chi connectivity index (χ1) is 22.2. The van der Waals surface area contributed by atoms with Crippen molar-refractivity contribution in [1.29, 1.82) is 0 Å². The number of hydrogen-bond donors (Lipinski definition) is 0. The molecule has 8 rings (SSSR count). The van der Waals surface area contributed by atoms with E-state index >= 15 is 0 Å². The second-order valence-electron chi connectivity index (χ2n) is 12.4. The van der Waals surface area contributed by atoms with Crippen molar-refractivity contribution in [2.24, 2.45) is 11.8 Å². The summed E-state index contributed by atoms with van der Waals surface area (Å²) >= 11 is 0. The van der Waals surface area contributed by atoms with Crippen molar-refractivity contribution in [1.82, 2.24) is 10.0 Å². The lowest BCUT2D eigenvalue weighted by Gasteiger charge is -2.35. The lowest BCUT2D eigenvalue weighted by molar-refractivity contribution is -0.136. The maximum absolute atomic E-state index is 14.4. The Morgan fingerprint density at radius 1 is 0.435 bits per heavy atom. The molecule has 0 aromatic heterocycles. The van der Waals surface area contributed by atoms with Crippen molar-refractivity contribution in [3.05, 3.63) is 131 Å². The van der Waals surface area contributed by atoms with Gasteiger partial charge in [0.1, 0.15) is 23.7 Å². The fraction of sp³-hybridized carbons (Fsp3) is 0.222. The Labute approximate surface area is 263 Å². The molecule has 46 heavy (non-hydrogen) atoms. The van der Waals surface area contributed by atoms with Crippen LogP contribution < -0.4 is 9.80 Å². The zero-order valence-electron chi connectivity index (χ0n) is 24.9. The molecule has 0 bridgehead atoms. The van der Waals surface area contributed by atoms with Gasteiger partial charge in [-0.3, -0.25) is 19.2 Å². The zero-order chi connectivity index (χ0) is 32.0. The van der Waals surface area contributed by atoms with Gasteiger partial charge in [0.15, 0.2) is 0 Å². The molecule has 230 valence electrons.